The minimum atomic E-state index is -0.291. The fraction of sp³-hybridized carbons (Fsp3) is 0.889. The van der Waals surface area contributed by atoms with E-state index in [0.717, 1.165) is 25.9 Å². The maximum absolute atomic E-state index is 8.93. The summed E-state index contributed by atoms with van der Waals surface area (Å²) in [5.74, 6) is 0.638. The third kappa shape index (κ3) is 8.11. The van der Waals surface area contributed by atoms with Crippen LogP contribution in [0.3, 0.4) is 0 Å². The second kappa shape index (κ2) is 10.7. The molecule has 0 saturated heterocycles. The fourth-order valence-corrected chi connectivity index (χ4v) is 2.52. The Morgan fingerprint density at radius 1 is 0.833 bits per heavy atom. The number of oxime groups is 2. The quantitative estimate of drug-likeness (QED) is 0.248. The van der Waals surface area contributed by atoms with Crippen LogP contribution in [0.25, 0.3) is 0 Å². The van der Waals surface area contributed by atoms with Crippen LogP contribution in [0.1, 0.15) is 74.1 Å². The van der Waals surface area contributed by atoms with E-state index >= 15 is 0 Å². The first kappa shape index (κ1) is 22.9. The summed E-state index contributed by atoms with van der Waals surface area (Å²) in [5, 5.41) is 31.4. The highest BCUT2D eigenvalue weighted by molar-refractivity contribution is 5.90. The van der Waals surface area contributed by atoms with Gasteiger partial charge in [-0.2, -0.15) is 0 Å². The molecule has 0 fully saturated rings. The second-order valence-corrected chi connectivity index (χ2v) is 7.71. The van der Waals surface area contributed by atoms with Crippen LogP contribution in [-0.4, -0.2) is 46.0 Å². The lowest BCUT2D eigenvalue weighted by atomic mass is 9.93. The first-order valence-corrected chi connectivity index (χ1v) is 8.99. The molecule has 0 atom stereocenters. The summed E-state index contributed by atoms with van der Waals surface area (Å²) < 4.78 is 0. The van der Waals surface area contributed by atoms with Crippen LogP contribution in [0.15, 0.2) is 10.3 Å². The lowest BCUT2D eigenvalue weighted by Crippen LogP contribution is -2.47. The van der Waals surface area contributed by atoms with E-state index in [9.17, 15) is 0 Å². The van der Waals surface area contributed by atoms with Crippen molar-refractivity contribution in [3.05, 3.63) is 0 Å². The van der Waals surface area contributed by atoms with Crippen molar-refractivity contribution in [1.29, 1.82) is 0 Å². The van der Waals surface area contributed by atoms with Crippen molar-refractivity contribution in [2.45, 2.75) is 85.2 Å². The van der Waals surface area contributed by atoms with Crippen molar-refractivity contribution in [2.24, 2.45) is 16.2 Å². The molecule has 142 valence electrons. The van der Waals surface area contributed by atoms with Gasteiger partial charge in [-0.25, -0.2) is 0 Å². The van der Waals surface area contributed by atoms with Gasteiger partial charge in [-0.05, 0) is 73.4 Å². The smallest absolute Gasteiger partial charge is 0.0734 e. The Labute approximate surface area is 147 Å². The number of nitrogens with zero attached hydrogens (tertiary/aromatic N) is 2. The molecule has 0 aromatic carbocycles. The Balaban J connectivity index is 4.37. The van der Waals surface area contributed by atoms with Gasteiger partial charge in [-0.1, -0.05) is 30.1 Å². The minimum absolute atomic E-state index is 0.291. The molecule has 0 aliphatic heterocycles. The molecule has 6 heteroatoms. The van der Waals surface area contributed by atoms with Crippen LogP contribution < -0.4 is 10.6 Å². The van der Waals surface area contributed by atoms with Crippen LogP contribution in [0, 0.1) is 5.92 Å². The number of rotatable bonds is 12. The number of hydrogen-bond acceptors (Lipinski definition) is 6. The Hall–Kier alpha value is -1.14. The molecule has 6 nitrogen and oxygen atoms in total. The zero-order valence-electron chi connectivity index (χ0n) is 16.6. The molecule has 0 aliphatic rings. The summed E-state index contributed by atoms with van der Waals surface area (Å²) in [6.45, 7) is 15.8. The predicted molar refractivity (Wildman–Crippen MR) is 102 cm³/mol. The van der Waals surface area contributed by atoms with Gasteiger partial charge in [0.05, 0.1) is 22.5 Å². The van der Waals surface area contributed by atoms with Gasteiger partial charge in [-0.15, -0.1) is 0 Å². The van der Waals surface area contributed by atoms with Gasteiger partial charge >= 0.3 is 0 Å². The van der Waals surface area contributed by atoms with E-state index in [0.29, 0.717) is 17.3 Å². The third-order valence-electron chi connectivity index (χ3n) is 5.04. The average Bonchev–Trinajstić information content (AvgIpc) is 2.52. The Morgan fingerprint density at radius 2 is 1.21 bits per heavy atom. The molecule has 0 rings (SSSR count). The molecule has 0 saturated carbocycles. The predicted octanol–water partition coefficient (Wildman–Crippen LogP) is 3.62. The Morgan fingerprint density at radius 3 is 1.50 bits per heavy atom. The van der Waals surface area contributed by atoms with Crippen LogP contribution >= 0.6 is 0 Å². The summed E-state index contributed by atoms with van der Waals surface area (Å²) in [6, 6.07) is 0. The molecule has 4 N–H and O–H groups in total. The standard InChI is InChI=1S/C18H38N4O2/c1-8-9-16(10-12-19-17(4,5)14(2)21-23)11-13-20-18(6,7)15(3)22-24/h16,19-20,23-24H,8-13H2,1-7H3/b21-14+,22-15+. The maximum atomic E-state index is 8.93. The lowest BCUT2D eigenvalue weighted by molar-refractivity contribution is 0.306. The van der Waals surface area contributed by atoms with Gasteiger partial charge in [-0.3, -0.25) is 0 Å². The van der Waals surface area contributed by atoms with Crippen molar-refractivity contribution in [3.63, 3.8) is 0 Å². The Bertz CT molecular complexity index is 381. The fourth-order valence-electron chi connectivity index (χ4n) is 2.52. The highest BCUT2D eigenvalue weighted by Gasteiger charge is 2.23. The van der Waals surface area contributed by atoms with Crippen molar-refractivity contribution in [3.8, 4) is 0 Å². The van der Waals surface area contributed by atoms with Gasteiger partial charge in [0, 0.05) is 0 Å². The Kier molecular flexibility index (Phi) is 10.2. The molecule has 0 unspecified atom stereocenters. The second-order valence-electron chi connectivity index (χ2n) is 7.71. The SMILES string of the molecule is CCCC(CCNC(C)(C)/C(C)=N/O)CCNC(C)(C)/C(C)=N/O. The maximum Gasteiger partial charge on any atom is 0.0734 e. The molecule has 0 heterocycles. The van der Waals surface area contributed by atoms with Crippen molar-refractivity contribution < 1.29 is 10.4 Å². The first-order chi connectivity index (χ1) is 11.1. The molecule has 0 aromatic heterocycles. The average molecular weight is 343 g/mol. The summed E-state index contributed by atoms with van der Waals surface area (Å²) in [5.41, 5.74) is 0.800. The van der Waals surface area contributed by atoms with Gasteiger partial charge < -0.3 is 21.0 Å². The van der Waals surface area contributed by atoms with E-state index in [-0.39, 0.29) is 11.1 Å². The number of nitrogens with one attached hydrogen (secondary N) is 2. The van der Waals surface area contributed by atoms with E-state index in [1.165, 1.54) is 12.8 Å². The molecular weight excluding hydrogens is 304 g/mol. The lowest BCUT2D eigenvalue weighted by Gasteiger charge is -2.28. The molecule has 0 bridgehead atoms. The topological polar surface area (TPSA) is 89.2 Å². The summed E-state index contributed by atoms with van der Waals surface area (Å²) in [6.07, 6.45) is 4.55. The monoisotopic (exact) mass is 342 g/mol. The molecule has 0 radical (unpaired) electrons. The number of hydrogen-bond donors (Lipinski definition) is 4. The van der Waals surface area contributed by atoms with Gasteiger partial charge in [0.1, 0.15) is 0 Å². The van der Waals surface area contributed by atoms with E-state index in [4.69, 9.17) is 10.4 Å². The zero-order chi connectivity index (χ0) is 18.8. The molecule has 0 aromatic rings. The van der Waals surface area contributed by atoms with Gasteiger partial charge in [0.25, 0.3) is 0 Å². The highest BCUT2D eigenvalue weighted by Crippen LogP contribution is 2.17. The van der Waals surface area contributed by atoms with Crippen LogP contribution in [0.5, 0.6) is 0 Å². The molecule has 0 spiro atoms. The highest BCUT2D eigenvalue weighted by atomic mass is 16.4. The molecule has 0 aliphatic carbocycles. The van der Waals surface area contributed by atoms with Crippen LogP contribution in [0.4, 0.5) is 0 Å². The first-order valence-electron chi connectivity index (χ1n) is 8.99. The van der Waals surface area contributed by atoms with E-state index in [1.807, 2.05) is 41.5 Å². The van der Waals surface area contributed by atoms with Crippen molar-refractivity contribution in [1.82, 2.24) is 10.6 Å². The van der Waals surface area contributed by atoms with Crippen molar-refractivity contribution in [2.75, 3.05) is 13.1 Å². The zero-order valence-corrected chi connectivity index (χ0v) is 16.6. The van der Waals surface area contributed by atoms with Crippen LogP contribution in [0.2, 0.25) is 0 Å². The van der Waals surface area contributed by atoms with E-state index in [2.05, 4.69) is 27.9 Å². The molecular formula is C18H38N4O2. The normalized spacial score (nSPS) is 14.5. The molecule has 24 heavy (non-hydrogen) atoms. The largest absolute Gasteiger partial charge is 0.411 e. The van der Waals surface area contributed by atoms with Gasteiger partial charge in [0.15, 0.2) is 0 Å². The summed E-state index contributed by atoms with van der Waals surface area (Å²) in [7, 11) is 0. The summed E-state index contributed by atoms with van der Waals surface area (Å²) in [4.78, 5) is 0. The van der Waals surface area contributed by atoms with E-state index < -0.39 is 0 Å². The minimum Gasteiger partial charge on any atom is -0.411 e. The third-order valence-corrected chi connectivity index (χ3v) is 5.04. The summed E-state index contributed by atoms with van der Waals surface area (Å²) >= 11 is 0. The van der Waals surface area contributed by atoms with E-state index in [1.54, 1.807) is 0 Å². The molecule has 0 amide bonds. The van der Waals surface area contributed by atoms with Gasteiger partial charge in [0.2, 0.25) is 0 Å². The van der Waals surface area contributed by atoms with Crippen molar-refractivity contribution >= 4 is 11.4 Å². The van der Waals surface area contributed by atoms with Crippen LogP contribution in [-0.2, 0) is 0 Å².